The first-order valence-electron chi connectivity index (χ1n) is 3.06. The lowest BCUT2D eigenvalue weighted by molar-refractivity contribution is 0.331. The van der Waals surface area contributed by atoms with Gasteiger partial charge in [0, 0.05) is 0 Å². The summed E-state index contributed by atoms with van der Waals surface area (Å²) in [6, 6.07) is 0. The molecule has 0 aromatic heterocycles. The zero-order valence-electron chi connectivity index (χ0n) is 6.05. The maximum Gasteiger partial charge on any atom is 0.0639 e. The number of aliphatic hydroxyl groups excluding tert-OH is 1. The number of allylic oxidation sites excluding steroid dienone is 1. The van der Waals surface area contributed by atoms with Gasteiger partial charge in [-0.25, -0.2) is 0 Å². The number of thioether (sulfide) groups is 1. The normalized spacial score (nSPS) is 12.1. The molecule has 1 N–H and O–H groups in total. The van der Waals surface area contributed by atoms with Crippen LogP contribution in [0.4, 0.5) is 0 Å². The second-order valence-corrected chi connectivity index (χ2v) is 2.98. The Morgan fingerprint density at radius 2 is 2.33 bits per heavy atom. The zero-order valence-corrected chi connectivity index (χ0v) is 6.87. The standard InChI is InChI=1S/C7H14OS/c1-7(6-8)4-3-5-9-2/h4,8H,3,5-6H2,1-2H3/b7-4+. The van der Waals surface area contributed by atoms with E-state index in [9.17, 15) is 0 Å². The molecule has 0 unspecified atom stereocenters. The van der Waals surface area contributed by atoms with Gasteiger partial charge >= 0.3 is 0 Å². The third-order valence-electron chi connectivity index (χ3n) is 1.06. The van der Waals surface area contributed by atoms with Crippen LogP contribution in [0, 0.1) is 0 Å². The van der Waals surface area contributed by atoms with Crippen molar-refractivity contribution in [1.29, 1.82) is 0 Å². The largest absolute Gasteiger partial charge is 0.392 e. The van der Waals surface area contributed by atoms with Crippen LogP contribution in [-0.2, 0) is 0 Å². The summed E-state index contributed by atoms with van der Waals surface area (Å²) in [5.74, 6) is 1.15. The van der Waals surface area contributed by atoms with Crippen LogP contribution in [0.25, 0.3) is 0 Å². The molecule has 0 aliphatic heterocycles. The number of hydrogen-bond donors (Lipinski definition) is 1. The van der Waals surface area contributed by atoms with Gasteiger partial charge in [-0.3, -0.25) is 0 Å². The molecule has 0 aliphatic rings. The molecular weight excluding hydrogens is 132 g/mol. The molecule has 0 atom stereocenters. The Kier molecular flexibility index (Phi) is 6.21. The van der Waals surface area contributed by atoms with Gasteiger partial charge in [-0.2, -0.15) is 11.8 Å². The van der Waals surface area contributed by atoms with Crippen molar-refractivity contribution in [1.82, 2.24) is 0 Å². The van der Waals surface area contributed by atoms with Crippen LogP contribution < -0.4 is 0 Å². The molecule has 0 saturated heterocycles. The quantitative estimate of drug-likeness (QED) is 0.481. The molecule has 0 fully saturated rings. The molecule has 0 aliphatic carbocycles. The second kappa shape index (κ2) is 6.17. The molecule has 0 bridgehead atoms. The molecule has 0 heterocycles. The topological polar surface area (TPSA) is 20.2 Å². The minimum atomic E-state index is 0.203. The van der Waals surface area contributed by atoms with Gasteiger partial charge in [0.2, 0.25) is 0 Å². The molecule has 9 heavy (non-hydrogen) atoms. The predicted molar refractivity (Wildman–Crippen MR) is 43.8 cm³/mol. The second-order valence-electron chi connectivity index (χ2n) is 1.99. The SMILES string of the molecule is CSCC/C=C(\C)CO. The van der Waals surface area contributed by atoms with E-state index >= 15 is 0 Å². The highest BCUT2D eigenvalue weighted by atomic mass is 32.2. The van der Waals surface area contributed by atoms with Gasteiger partial charge < -0.3 is 5.11 Å². The van der Waals surface area contributed by atoms with E-state index in [1.807, 2.05) is 18.7 Å². The smallest absolute Gasteiger partial charge is 0.0639 e. The number of rotatable bonds is 4. The molecule has 0 radical (unpaired) electrons. The van der Waals surface area contributed by atoms with Crippen LogP contribution in [0.2, 0.25) is 0 Å². The Morgan fingerprint density at radius 1 is 1.67 bits per heavy atom. The van der Waals surface area contributed by atoms with Crippen molar-refractivity contribution in [3.05, 3.63) is 11.6 Å². The van der Waals surface area contributed by atoms with Gasteiger partial charge in [0.1, 0.15) is 0 Å². The highest BCUT2D eigenvalue weighted by Gasteiger charge is 1.83. The van der Waals surface area contributed by atoms with E-state index in [1.54, 1.807) is 0 Å². The van der Waals surface area contributed by atoms with Crippen LogP contribution in [-0.4, -0.2) is 23.7 Å². The Morgan fingerprint density at radius 3 is 2.78 bits per heavy atom. The van der Waals surface area contributed by atoms with E-state index < -0.39 is 0 Å². The Labute approximate surface area is 61.2 Å². The minimum absolute atomic E-state index is 0.203. The third kappa shape index (κ3) is 5.93. The zero-order chi connectivity index (χ0) is 7.11. The summed E-state index contributed by atoms with van der Waals surface area (Å²) in [6.07, 6.45) is 5.24. The summed E-state index contributed by atoms with van der Waals surface area (Å²) in [7, 11) is 0. The summed E-state index contributed by atoms with van der Waals surface area (Å²) in [4.78, 5) is 0. The lowest BCUT2D eigenvalue weighted by atomic mass is 10.3. The Balaban J connectivity index is 3.21. The maximum atomic E-state index is 8.56. The van der Waals surface area contributed by atoms with Crippen molar-refractivity contribution in [3.63, 3.8) is 0 Å². The average Bonchev–Trinajstić information content (AvgIpc) is 1.89. The van der Waals surface area contributed by atoms with Crippen molar-refractivity contribution in [2.45, 2.75) is 13.3 Å². The van der Waals surface area contributed by atoms with E-state index in [-0.39, 0.29) is 6.61 Å². The summed E-state index contributed by atoms with van der Waals surface area (Å²) in [6.45, 7) is 2.15. The van der Waals surface area contributed by atoms with Gasteiger partial charge in [0.05, 0.1) is 6.61 Å². The summed E-state index contributed by atoms with van der Waals surface area (Å²) < 4.78 is 0. The maximum absolute atomic E-state index is 8.56. The van der Waals surface area contributed by atoms with Gasteiger partial charge in [-0.1, -0.05) is 11.6 Å². The molecule has 1 nitrogen and oxygen atoms in total. The molecular formula is C7H14OS. The van der Waals surface area contributed by atoms with Crippen LogP contribution in [0.5, 0.6) is 0 Å². The van der Waals surface area contributed by atoms with E-state index in [0.717, 1.165) is 17.7 Å². The first-order valence-corrected chi connectivity index (χ1v) is 4.46. The fraction of sp³-hybridized carbons (Fsp3) is 0.714. The molecule has 0 aromatic rings. The summed E-state index contributed by atoms with van der Waals surface area (Å²) in [5.41, 5.74) is 1.07. The van der Waals surface area contributed by atoms with Crippen molar-refractivity contribution in [2.75, 3.05) is 18.6 Å². The highest BCUT2D eigenvalue weighted by Crippen LogP contribution is 1.99. The van der Waals surface area contributed by atoms with Gasteiger partial charge in [0.25, 0.3) is 0 Å². The van der Waals surface area contributed by atoms with Gasteiger partial charge in [-0.15, -0.1) is 0 Å². The van der Waals surface area contributed by atoms with E-state index in [1.165, 1.54) is 0 Å². The first-order chi connectivity index (χ1) is 4.31. The molecule has 0 saturated carbocycles. The fourth-order valence-corrected chi connectivity index (χ4v) is 0.841. The fourth-order valence-electron chi connectivity index (χ4n) is 0.488. The van der Waals surface area contributed by atoms with Gasteiger partial charge in [0.15, 0.2) is 0 Å². The Bertz CT molecular complexity index is 88.9. The molecule has 0 rings (SSSR count). The predicted octanol–water partition coefficient (Wildman–Crippen LogP) is 1.68. The average molecular weight is 146 g/mol. The van der Waals surface area contributed by atoms with Crippen LogP contribution in [0.1, 0.15) is 13.3 Å². The van der Waals surface area contributed by atoms with E-state index in [0.29, 0.717) is 0 Å². The van der Waals surface area contributed by atoms with Crippen molar-refractivity contribution >= 4 is 11.8 Å². The number of hydrogen-bond acceptors (Lipinski definition) is 2. The van der Waals surface area contributed by atoms with Crippen molar-refractivity contribution < 1.29 is 5.11 Å². The number of aliphatic hydroxyl groups is 1. The molecule has 0 aromatic carbocycles. The van der Waals surface area contributed by atoms with Crippen molar-refractivity contribution in [2.24, 2.45) is 0 Å². The summed E-state index contributed by atoms with van der Waals surface area (Å²) >= 11 is 1.83. The lowest BCUT2D eigenvalue weighted by Crippen LogP contribution is -1.84. The van der Waals surface area contributed by atoms with Gasteiger partial charge in [-0.05, 0) is 25.4 Å². The van der Waals surface area contributed by atoms with Crippen LogP contribution in [0.3, 0.4) is 0 Å². The van der Waals surface area contributed by atoms with E-state index in [2.05, 4.69) is 12.3 Å². The van der Waals surface area contributed by atoms with Crippen molar-refractivity contribution in [3.8, 4) is 0 Å². The summed E-state index contributed by atoms with van der Waals surface area (Å²) in [5, 5.41) is 8.56. The Hall–Kier alpha value is 0.0500. The minimum Gasteiger partial charge on any atom is -0.392 e. The van der Waals surface area contributed by atoms with Crippen LogP contribution >= 0.6 is 11.8 Å². The molecule has 54 valence electrons. The molecule has 0 spiro atoms. The lowest BCUT2D eigenvalue weighted by Gasteiger charge is -1.92. The highest BCUT2D eigenvalue weighted by molar-refractivity contribution is 7.98. The molecule has 0 amide bonds. The first kappa shape index (κ1) is 9.05. The monoisotopic (exact) mass is 146 g/mol. The third-order valence-corrected chi connectivity index (χ3v) is 1.71. The molecule has 2 heteroatoms. The van der Waals surface area contributed by atoms with Crippen LogP contribution in [0.15, 0.2) is 11.6 Å². The van der Waals surface area contributed by atoms with E-state index in [4.69, 9.17) is 5.11 Å².